The first kappa shape index (κ1) is 76.3. The Morgan fingerprint density at radius 2 is 0.492 bits per heavy atom. The fourth-order valence-corrected chi connectivity index (χ4v) is 18.3. The zero-order valence-corrected chi connectivity index (χ0v) is 69.0. The van der Waals surface area contributed by atoms with Crippen molar-refractivity contribution in [1.82, 2.24) is 19.9 Å². The van der Waals surface area contributed by atoms with Crippen LogP contribution in [-0.4, -0.2) is 31.1 Å². The summed E-state index contributed by atoms with van der Waals surface area (Å²) in [5, 5.41) is 2.59. The molecule has 1 saturated heterocycles. The zero-order chi connectivity index (χ0) is 81.1. The van der Waals surface area contributed by atoms with Crippen LogP contribution in [0, 0.1) is 0 Å². The number of nitrogens with zero attached hydrogens (tertiary/aromatic N) is 4. The van der Waals surface area contributed by atoms with Crippen LogP contribution in [0.4, 0.5) is 0 Å². The van der Waals surface area contributed by atoms with Crippen molar-refractivity contribution in [3.8, 4) is 145 Å². The van der Waals surface area contributed by atoms with Crippen LogP contribution in [0.1, 0.15) is 39.5 Å². The number of hydrogen-bond acceptors (Lipinski definition) is 8. The van der Waals surface area contributed by atoms with E-state index in [1.165, 1.54) is 92.9 Å². The summed E-state index contributed by atoms with van der Waals surface area (Å²) in [6, 6.07) is 146. The molecule has 120 heavy (non-hydrogen) atoms. The minimum absolute atomic E-state index is 0.292. The van der Waals surface area contributed by atoms with E-state index in [0.29, 0.717) is 5.28 Å². The van der Waals surface area contributed by atoms with Crippen molar-refractivity contribution in [2.45, 2.75) is 45.2 Å². The molecule has 1 fully saturated rings. The summed E-state index contributed by atoms with van der Waals surface area (Å²) in [4.78, 5) is 19.3. The molecule has 0 unspecified atom stereocenters. The van der Waals surface area contributed by atoms with Crippen molar-refractivity contribution in [2.75, 3.05) is 0 Å². The Kier molecular flexibility index (Phi) is 21.2. The van der Waals surface area contributed by atoms with Gasteiger partial charge in [-0.05, 0) is 223 Å². The van der Waals surface area contributed by atoms with Crippen LogP contribution in [0.15, 0.2) is 413 Å². The molecule has 0 spiro atoms. The van der Waals surface area contributed by atoms with Gasteiger partial charge in [-0.1, -0.05) is 340 Å². The lowest BCUT2D eigenvalue weighted by molar-refractivity contribution is -0.0895. The largest absolute Gasteiger partial charge is 0.339 e. The molecular formula is C111H81ClN4O2S2. The summed E-state index contributed by atoms with van der Waals surface area (Å²) in [6.45, 7) is 8.37. The Bertz CT molecular complexity index is 7070. The van der Waals surface area contributed by atoms with Crippen molar-refractivity contribution in [1.29, 1.82) is 0 Å². The van der Waals surface area contributed by atoms with Crippen LogP contribution in [0.25, 0.3) is 186 Å². The number of rotatable bonds is 14. The monoisotopic (exact) mass is 1600 g/mol. The molecule has 4 aromatic heterocycles. The number of hydrogen-bond donors (Lipinski definition) is 0. The topological polar surface area (TPSA) is 70.0 Å². The highest BCUT2D eigenvalue weighted by molar-refractivity contribution is 7.26. The van der Waals surface area contributed by atoms with E-state index in [-0.39, 0.29) is 11.2 Å². The zero-order valence-electron chi connectivity index (χ0n) is 66.6. The number of thiophene rings is 2. The quantitative estimate of drug-likeness (QED) is 0.101. The molecule has 0 bridgehead atoms. The van der Waals surface area contributed by atoms with Gasteiger partial charge < -0.3 is 9.47 Å². The van der Waals surface area contributed by atoms with Crippen molar-refractivity contribution in [3.63, 3.8) is 0 Å². The summed E-state index contributed by atoms with van der Waals surface area (Å²) in [5.74, 6) is 0.728. The van der Waals surface area contributed by atoms with Crippen LogP contribution in [0.3, 0.4) is 0 Å². The maximum Gasteiger partial charge on any atom is 0.223 e. The van der Waals surface area contributed by atoms with Crippen LogP contribution < -0.4 is 0 Å². The molecule has 576 valence electrons. The number of halogens is 1. The van der Waals surface area contributed by atoms with E-state index in [9.17, 15) is 0 Å². The van der Waals surface area contributed by atoms with Gasteiger partial charge in [-0.15, -0.1) is 22.7 Å². The second-order valence-corrected chi connectivity index (χ2v) is 33.6. The van der Waals surface area contributed by atoms with Gasteiger partial charge >= 0.3 is 0 Å². The summed E-state index contributed by atoms with van der Waals surface area (Å²) >= 11 is 9.58. The second kappa shape index (κ2) is 33.4. The van der Waals surface area contributed by atoms with Gasteiger partial charge in [0, 0.05) is 42.4 Å². The minimum Gasteiger partial charge on any atom is -0.339 e. The van der Waals surface area contributed by atoms with Crippen LogP contribution in [0.5, 0.6) is 0 Å². The molecule has 0 N–H and O–H groups in total. The van der Waals surface area contributed by atoms with Crippen molar-refractivity contribution in [2.24, 2.45) is 0 Å². The number of benzene rings is 16. The maximum absolute atomic E-state index is 6.35. The van der Waals surface area contributed by atoms with Gasteiger partial charge in [-0.25, -0.2) is 19.9 Å². The van der Waals surface area contributed by atoms with Crippen LogP contribution in [0.2, 0.25) is 5.28 Å². The third-order valence-corrected chi connectivity index (χ3v) is 25.3. The molecule has 21 rings (SSSR count). The fraction of sp³-hybridized carbons (Fsp3) is 0.0631. The van der Waals surface area contributed by atoms with E-state index in [4.69, 9.17) is 31.0 Å². The molecule has 9 heteroatoms. The Morgan fingerprint density at radius 3 is 0.883 bits per heavy atom. The third kappa shape index (κ3) is 16.1. The molecule has 5 heterocycles. The van der Waals surface area contributed by atoms with E-state index in [0.717, 1.165) is 98.5 Å². The highest BCUT2D eigenvalue weighted by Crippen LogP contribution is 2.47. The average Bonchev–Trinajstić information content (AvgIpc) is 1.58. The second-order valence-electron chi connectivity index (χ2n) is 31.2. The molecule has 0 radical (unpaired) electrons. The van der Waals surface area contributed by atoms with Crippen molar-refractivity contribution in [3.05, 3.63) is 423 Å². The summed E-state index contributed by atoms with van der Waals surface area (Å²) in [6.07, 6.45) is -0.392. The molecule has 1 aliphatic rings. The molecule has 0 atom stereocenters. The number of aromatic nitrogens is 4. The van der Waals surface area contributed by atoms with Crippen LogP contribution >= 0.6 is 34.3 Å². The smallest absolute Gasteiger partial charge is 0.223 e. The Labute approximate surface area is 712 Å². The molecule has 16 aromatic carbocycles. The molecule has 0 amide bonds. The van der Waals surface area contributed by atoms with E-state index in [1.807, 2.05) is 48.5 Å². The normalized spacial score (nSPS) is 12.9. The SMILES string of the molecule is CC1(C)OC(c2cccc(-c3cccc(-c4cc(-c5ccccc5)cc(-c5ccc(-c6ccccc6)cc5)c4)c3)c2)OC1(C)C.Clc1nc(-c2ccccc2)c2sc3ccccc3c2n1.c1ccc(-c2ccc(-c3cc(-c4ccccc4)cc(-c4cccc(-c5cccc(-c6nc(-c7ccccc7)c7sc8ccccc8c7n6)c5)c4)c3)cc2)cc1. The van der Waals surface area contributed by atoms with Gasteiger partial charge in [0.05, 0.1) is 43.0 Å². The van der Waals surface area contributed by atoms with Gasteiger partial charge in [-0.2, -0.15) is 0 Å². The molecule has 0 aliphatic carbocycles. The number of ether oxygens (including phenoxy) is 2. The standard InChI is InChI=1S/C52H34N2S.C43H38O2.C16H9ClN2S/c1-4-14-35(15-5-1)37-26-28-38(29-27-37)45-32-44(36-16-6-2-7-17-36)33-46(34-45)42-22-12-20-40(30-42)41-21-13-23-43(31-41)52-53-49(39-18-8-3-9-19-39)51-50(54-52)47-24-10-11-25-48(47)55-51;1-42(2)43(3,4)45-41(44-42)37-20-12-18-35(26-37)34-17-11-19-36(25-34)40-28-38(31-15-9-6-10-16-31)27-39(29-40)33-23-21-32(22-24-33)30-13-7-5-8-14-30;17-16-18-13(10-6-2-1-3-7-10)15-14(19-16)11-8-4-5-9-12(11)20-15/h1-34H;5-29,41H,1-4H3;1-9H. The highest BCUT2D eigenvalue weighted by atomic mass is 35.5. The van der Waals surface area contributed by atoms with Gasteiger partial charge in [0.25, 0.3) is 0 Å². The third-order valence-electron chi connectivity index (χ3n) is 22.8. The maximum atomic E-state index is 6.35. The van der Waals surface area contributed by atoms with E-state index >= 15 is 0 Å². The van der Waals surface area contributed by atoms with Crippen LogP contribution in [-0.2, 0) is 9.47 Å². The van der Waals surface area contributed by atoms with Gasteiger partial charge in [0.15, 0.2) is 12.1 Å². The summed E-state index contributed by atoms with van der Waals surface area (Å²) < 4.78 is 17.3. The van der Waals surface area contributed by atoms with Gasteiger partial charge in [0.1, 0.15) is 0 Å². The van der Waals surface area contributed by atoms with E-state index in [2.05, 4.69) is 402 Å². The lowest BCUT2D eigenvalue weighted by Gasteiger charge is -2.30. The van der Waals surface area contributed by atoms with Gasteiger partial charge in [0.2, 0.25) is 5.28 Å². The van der Waals surface area contributed by atoms with E-state index in [1.54, 1.807) is 22.7 Å². The summed E-state index contributed by atoms with van der Waals surface area (Å²) in [5.41, 5.74) is 30.9. The number of fused-ring (bicyclic) bond motifs is 6. The Hall–Kier alpha value is -13.7. The summed E-state index contributed by atoms with van der Waals surface area (Å²) in [7, 11) is 0. The van der Waals surface area contributed by atoms with Crippen molar-refractivity contribution >= 4 is 74.9 Å². The lowest BCUT2D eigenvalue weighted by Crippen LogP contribution is -2.41. The minimum atomic E-state index is -0.392. The van der Waals surface area contributed by atoms with Crippen molar-refractivity contribution < 1.29 is 9.47 Å². The predicted octanol–water partition coefficient (Wildman–Crippen LogP) is 31.3. The first-order chi connectivity index (χ1) is 58.8. The predicted molar refractivity (Wildman–Crippen MR) is 505 cm³/mol. The average molecular weight is 1600 g/mol. The Morgan fingerprint density at radius 1 is 0.233 bits per heavy atom. The Balaban J connectivity index is 0.000000131. The van der Waals surface area contributed by atoms with Gasteiger partial charge in [-0.3, -0.25) is 0 Å². The van der Waals surface area contributed by atoms with E-state index < -0.39 is 6.29 Å². The molecule has 0 saturated carbocycles. The first-order valence-corrected chi connectivity index (χ1v) is 42.5. The molecule has 20 aromatic rings. The lowest BCUT2D eigenvalue weighted by atomic mass is 9.90. The first-order valence-electron chi connectivity index (χ1n) is 40.5. The molecule has 1 aliphatic heterocycles. The fourth-order valence-electron chi connectivity index (χ4n) is 15.8. The molecular weight excluding hydrogens is 1520 g/mol. The highest BCUT2D eigenvalue weighted by Gasteiger charge is 2.49. The molecule has 6 nitrogen and oxygen atoms in total.